The van der Waals surface area contributed by atoms with E-state index >= 15 is 0 Å². The summed E-state index contributed by atoms with van der Waals surface area (Å²) in [6.07, 6.45) is 4.50. The molecule has 1 rings (SSSR count). The Hall–Kier alpha value is -0.0600. The van der Waals surface area contributed by atoms with Crippen molar-refractivity contribution in [1.82, 2.24) is 0 Å². The van der Waals surface area contributed by atoms with E-state index in [1.54, 1.807) is 0 Å². The molecule has 0 aromatic heterocycles. The summed E-state index contributed by atoms with van der Waals surface area (Å²) in [5.74, 6) is -3.75. The molecule has 0 unspecified atom stereocenters. The summed E-state index contributed by atoms with van der Waals surface area (Å²) in [6, 6.07) is 0. The summed E-state index contributed by atoms with van der Waals surface area (Å²) in [5, 5.41) is 17.4. The zero-order chi connectivity index (χ0) is 9.84. The molecule has 76 valence electrons. The van der Waals surface area contributed by atoms with Crippen molar-refractivity contribution in [1.29, 1.82) is 0 Å². The van der Waals surface area contributed by atoms with Crippen LogP contribution in [0, 0.1) is 11.8 Å². The molecule has 0 radical (unpaired) electrons. The number of carboxylic acid groups (broad SMARTS) is 2. The number of carboxylic acids is 2. The topological polar surface area (TPSA) is 74.6 Å². The molecule has 14 heavy (non-hydrogen) atoms. The van der Waals surface area contributed by atoms with Gasteiger partial charge in [0.2, 0.25) is 0 Å². The van der Waals surface area contributed by atoms with E-state index in [1.165, 1.54) is 0 Å². The van der Waals surface area contributed by atoms with Crippen molar-refractivity contribution in [3.05, 3.63) is 0 Å². The van der Waals surface area contributed by atoms with Crippen molar-refractivity contribution < 1.29 is 19.8 Å². The van der Waals surface area contributed by atoms with E-state index in [2.05, 4.69) is 0 Å². The van der Waals surface area contributed by atoms with Gasteiger partial charge in [-0.15, -0.1) is 0 Å². The summed E-state index contributed by atoms with van der Waals surface area (Å²) in [6.45, 7) is 0. The Morgan fingerprint density at radius 1 is 1.00 bits per heavy atom. The van der Waals surface area contributed by atoms with E-state index in [4.69, 9.17) is 10.2 Å². The van der Waals surface area contributed by atoms with Crippen molar-refractivity contribution >= 4 is 41.5 Å². The first-order valence-electron chi connectivity index (χ1n) is 4.58. The fourth-order valence-corrected chi connectivity index (χ4v) is 1.98. The molecule has 0 heterocycles. The molecule has 2 N–H and O–H groups in total. The second kappa shape index (κ2) is 6.43. The minimum atomic E-state index is -1.19. The predicted molar refractivity (Wildman–Crippen MR) is 52.5 cm³/mol. The molecule has 0 spiro atoms. The van der Waals surface area contributed by atoms with E-state index in [-0.39, 0.29) is 35.5 Å². The van der Waals surface area contributed by atoms with Gasteiger partial charge in [-0.3, -0.25) is 9.59 Å². The van der Waals surface area contributed by atoms with Crippen molar-refractivity contribution in [2.45, 2.75) is 32.1 Å². The van der Waals surface area contributed by atoms with Gasteiger partial charge in [0, 0.05) is 0 Å². The van der Waals surface area contributed by atoms with Crippen molar-refractivity contribution in [3.63, 3.8) is 0 Å². The monoisotopic (exact) mass is 210 g/mol. The van der Waals surface area contributed by atoms with Gasteiger partial charge in [0.05, 0.1) is 0 Å². The van der Waals surface area contributed by atoms with Gasteiger partial charge in [0.25, 0.3) is 0 Å². The Morgan fingerprint density at radius 3 is 1.79 bits per heavy atom. The summed E-state index contributed by atoms with van der Waals surface area (Å²) in [5.41, 5.74) is 0. The van der Waals surface area contributed by atoms with Crippen LogP contribution in [0.1, 0.15) is 32.1 Å². The third-order valence-corrected chi connectivity index (χ3v) is 2.65. The molecule has 0 aliphatic heterocycles. The minimum absolute atomic E-state index is 0. The number of hydrogen-bond donors (Lipinski definition) is 2. The fraction of sp³-hybridized carbons (Fsp3) is 0.778. The van der Waals surface area contributed by atoms with Crippen LogP contribution in [0.25, 0.3) is 0 Å². The molecule has 5 heteroatoms. The van der Waals surface area contributed by atoms with Crippen LogP contribution >= 0.6 is 0 Å². The number of carbonyl (C=O) groups is 2. The van der Waals surface area contributed by atoms with Gasteiger partial charge in [-0.2, -0.15) is 0 Å². The molecule has 0 aromatic rings. The van der Waals surface area contributed by atoms with Crippen LogP contribution in [-0.2, 0) is 9.59 Å². The maximum atomic E-state index is 10.7. The van der Waals surface area contributed by atoms with Crippen LogP contribution in [0.15, 0.2) is 0 Å². The van der Waals surface area contributed by atoms with Gasteiger partial charge >= 0.3 is 41.5 Å². The Labute approximate surface area is 105 Å². The van der Waals surface area contributed by atoms with Crippen molar-refractivity contribution in [2.24, 2.45) is 11.8 Å². The van der Waals surface area contributed by atoms with Gasteiger partial charge in [0.1, 0.15) is 0 Å². The Balaban J connectivity index is 0.00000169. The van der Waals surface area contributed by atoms with Crippen LogP contribution < -0.4 is 0 Å². The molecule has 1 fully saturated rings. The molecule has 0 bridgehead atoms. The van der Waals surface area contributed by atoms with Crippen molar-refractivity contribution in [2.75, 3.05) is 0 Å². The van der Waals surface area contributed by atoms with Gasteiger partial charge in [-0.1, -0.05) is 19.3 Å². The standard InChI is InChI=1S/C9H14O4.Na.H/c10-8(11)7(9(12)13)6-4-2-1-3-5-6;;/h6-7H,1-5H2,(H,10,11)(H,12,13);;. The molecule has 4 nitrogen and oxygen atoms in total. The average molecular weight is 210 g/mol. The maximum absolute atomic E-state index is 10.7. The molecule has 0 atom stereocenters. The fourth-order valence-electron chi connectivity index (χ4n) is 1.98. The zero-order valence-electron chi connectivity index (χ0n) is 7.40. The van der Waals surface area contributed by atoms with Crippen LogP contribution in [0.5, 0.6) is 0 Å². The van der Waals surface area contributed by atoms with E-state index in [9.17, 15) is 9.59 Å². The third-order valence-electron chi connectivity index (χ3n) is 2.65. The Morgan fingerprint density at radius 2 is 1.43 bits per heavy atom. The summed E-state index contributed by atoms with van der Waals surface area (Å²) in [4.78, 5) is 21.3. The molecule has 0 aromatic carbocycles. The average Bonchev–Trinajstić information content (AvgIpc) is 2.04. The molecule has 0 amide bonds. The zero-order valence-corrected chi connectivity index (χ0v) is 7.40. The van der Waals surface area contributed by atoms with E-state index in [1.807, 2.05) is 0 Å². The quantitative estimate of drug-likeness (QED) is 0.531. The molecule has 1 aliphatic rings. The summed E-state index contributed by atoms with van der Waals surface area (Å²) >= 11 is 0. The van der Waals surface area contributed by atoms with Gasteiger partial charge in [0.15, 0.2) is 5.92 Å². The van der Waals surface area contributed by atoms with Crippen LogP contribution in [-0.4, -0.2) is 51.7 Å². The molecule has 1 saturated carbocycles. The first kappa shape index (κ1) is 13.9. The number of aliphatic carboxylic acids is 2. The predicted octanol–water partition coefficient (Wildman–Crippen LogP) is 0.704. The number of hydrogen-bond acceptors (Lipinski definition) is 2. The SMILES string of the molecule is O=C(O)C(C(=O)O)C1CCCCC1.[NaH]. The Bertz CT molecular complexity index is 197. The first-order chi connectivity index (χ1) is 6.13. The third kappa shape index (κ3) is 3.59. The normalized spacial score (nSPS) is 17.5. The van der Waals surface area contributed by atoms with Gasteiger partial charge in [-0.25, -0.2) is 0 Å². The van der Waals surface area contributed by atoms with E-state index < -0.39 is 17.9 Å². The van der Waals surface area contributed by atoms with Crippen LogP contribution in [0.3, 0.4) is 0 Å². The van der Waals surface area contributed by atoms with Crippen molar-refractivity contribution in [3.8, 4) is 0 Å². The van der Waals surface area contributed by atoms with Crippen LogP contribution in [0.2, 0.25) is 0 Å². The van der Waals surface area contributed by atoms with E-state index in [0.717, 1.165) is 32.1 Å². The van der Waals surface area contributed by atoms with Gasteiger partial charge in [-0.05, 0) is 18.8 Å². The first-order valence-corrected chi connectivity index (χ1v) is 4.58. The van der Waals surface area contributed by atoms with Crippen LogP contribution in [0.4, 0.5) is 0 Å². The second-order valence-electron chi connectivity index (χ2n) is 3.55. The molecular weight excluding hydrogens is 195 g/mol. The molecule has 0 saturated heterocycles. The summed E-state index contributed by atoms with van der Waals surface area (Å²) < 4.78 is 0. The van der Waals surface area contributed by atoms with E-state index in [0.29, 0.717) is 0 Å². The summed E-state index contributed by atoms with van der Waals surface area (Å²) in [7, 11) is 0. The van der Waals surface area contributed by atoms with Gasteiger partial charge < -0.3 is 10.2 Å². The Kier molecular flexibility index (Phi) is 6.40. The molecule has 1 aliphatic carbocycles. The molecular formula is C9H15NaO4. The second-order valence-corrected chi connectivity index (χ2v) is 3.55. The number of rotatable bonds is 3.